The molecule has 3 nitrogen and oxygen atoms in total. The fourth-order valence-electron chi connectivity index (χ4n) is 1.18. The highest BCUT2D eigenvalue weighted by atomic mass is 79.9. The topological polar surface area (TPSA) is 42.9 Å². The Morgan fingerprint density at radius 3 is 2.81 bits per heavy atom. The van der Waals surface area contributed by atoms with Gasteiger partial charge in [0.25, 0.3) is 0 Å². The first-order valence-electron chi connectivity index (χ1n) is 4.39. The Balaban J connectivity index is 2.21. The van der Waals surface area contributed by atoms with Crippen LogP contribution in [-0.2, 0) is 6.42 Å². The molecule has 0 aliphatic rings. The molecule has 0 fully saturated rings. The fourth-order valence-corrected chi connectivity index (χ4v) is 3.00. The summed E-state index contributed by atoms with van der Waals surface area (Å²) in [5.41, 5.74) is 0.443. The van der Waals surface area contributed by atoms with E-state index in [1.54, 1.807) is 12.4 Å². The van der Waals surface area contributed by atoms with Gasteiger partial charge in [0.1, 0.15) is 10.7 Å². The number of pyridine rings is 1. The largest absolute Gasteiger partial charge is 0.292 e. The van der Waals surface area contributed by atoms with Gasteiger partial charge >= 0.3 is 0 Å². The van der Waals surface area contributed by atoms with Gasteiger partial charge in [-0.15, -0.1) is 11.3 Å². The minimum Gasteiger partial charge on any atom is -0.292 e. The van der Waals surface area contributed by atoms with Gasteiger partial charge in [-0.2, -0.15) is 0 Å². The summed E-state index contributed by atoms with van der Waals surface area (Å²) in [5, 5.41) is 2.66. The van der Waals surface area contributed by atoms with Crippen molar-refractivity contribution in [1.82, 2.24) is 9.97 Å². The van der Waals surface area contributed by atoms with Gasteiger partial charge in [0.05, 0.1) is 6.42 Å². The molecular formula is C10H6Br2N2OS. The van der Waals surface area contributed by atoms with Crippen LogP contribution in [-0.4, -0.2) is 15.8 Å². The first kappa shape index (κ1) is 11.9. The number of halogens is 2. The van der Waals surface area contributed by atoms with Gasteiger partial charge in [0.2, 0.25) is 0 Å². The van der Waals surface area contributed by atoms with E-state index < -0.39 is 0 Å². The Kier molecular flexibility index (Phi) is 3.83. The molecule has 0 aromatic carbocycles. The lowest BCUT2D eigenvalue weighted by Gasteiger charge is -2.01. The molecule has 6 heteroatoms. The van der Waals surface area contributed by atoms with E-state index in [2.05, 4.69) is 41.8 Å². The van der Waals surface area contributed by atoms with Gasteiger partial charge in [-0.3, -0.25) is 9.78 Å². The average molecular weight is 362 g/mol. The highest BCUT2D eigenvalue weighted by Crippen LogP contribution is 2.21. The molecule has 2 heterocycles. The lowest BCUT2D eigenvalue weighted by Crippen LogP contribution is -2.06. The molecule has 0 amide bonds. The average Bonchev–Trinajstić information content (AvgIpc) is 2.70. The van der Waals surface area contributed by atoms with Crippen molar-refractivity contribution in [3.63, 3.8) is 0 Å². The van der Waals surface area contributed by atoms with Crippen LogP contribution in [0.1, 0.15) is 15.5 Å². The number of Topliss-reactive ketones (excluding diaryl/α,β-unsaturated/α-hetero) is 1. The van der Waals surface area contributed by atoms with Gasteiger partial charge < -0.3 is 0 Å². The number of aromatic nitrogens is 2. The van der Waals surface area contributed by atoms with Crippen molar-refractivity contribution < 1.29 is 4.79 Å². The van der Waals surface area contributed by atoms with E-state index in [9.17, 15) is 4.79 Å². The molecule has 0 N–H and O–H groups in total. The zero-order chi connectivity index (χ0) is 11.5. The minimum atomic E-state index is -0.0330. The van der Waals surface area contributed by atoms with Crippen LogP contribution >= 0.6 is 43.2 Å². The third-order valence-electron chi connectivity index (χ3n) is 1.87. The molecule has 82 valence electrons. The second-order valence-electron chi connectivity index (χ2n) is 3.01. The van der Waals surface area contributed by atoms with Gasteiger partial charge in [0, 0.05) is 26.7 Å². The van der Waals surface area contributed by atoms with E-state index in [4.69, 9.17) is 0 Å². The third-order valence-corrected chi connectivity index (χ3v) is 3.68. The standard InChI is InChI=1S/C10H6Br2N2OS/c11-6-3-7(12)10(14-5-6)8(15)4-9-13-1-2-16-9/h1-3,5H,4H2. The summed E-state index contributed by atoms with van der Waals surface area (Å²) in [6, 6.07) is 1.81. The van der Waals surface area contributed by atoms with Gasteiger partial charge in [-0.1, -0.05) is 0 Å². The Morgan fingerprint density at radius 1 is 1.38 bits per heavy atom. The van der Waals surface area contributed by atoms with Gasteiger partial charge in [-0.05, 0) is 37.9 Å². The van der Waals surface area contributed by atoms with Crippen LogP contribution in [0.2, 0.25) is 0 Å². The van der Waals surface area contributed by atoms with Gasteiger partial charge in [-0.25, -0.2) is 4.98 Å². The van der Waals surface area contributed by atoms with Crippen molar-refractivity contribution in [1.29, 1.82) is 0 Å². The molecule has 0 spiro atoms. The molecule has 0 aliphatic heterocycles. The lowest BCUT2D eigenvalue weighted by atomic mass is 10.2. The molecule has 2 aromatic rings. The number of hydrogen-bond donors (Lipinski definition) is 0. The molecule has 0 aliphatic carbocycles. The molecule has 2 rings (SSSR count). The molecule has 0 radical (unpaired) electrons. The molecule has 2 aromatic heterocycles. The predicted octanol–water partition coefficient (Wildman–Crippen LogP) is 3.49. The van der Waals surface area contributed by atoms with E-state index in [-0.39, 0.29) is 5.78 Å². The summed E-state index contributed by atoms with van der Waals surface area (Å²) >= 11 is 8.08. The number of carbonyl (C=O) groups is 1. The van der Waals surface area contributed by atoms with Crippen molar-refractivity contribution in [2.45, 2.75) is 6.42 Å². The van der Waals surface area contributed by atoms with Crippen molar-refractivity contribution in [3.05, 3.63) is 43.5 Å². The maximum absolute atomic E-state index is 11.9. The summed E-state index contributed by atoms with van der Waals surface area (Å²) in [6.07, 6.45) is 3.60. The molecule has 0 saturated carbocycles. The van der Waals surface area contributed by atoms with Gasteiger partial charge in [0.15, 0.2) is 5.78 Å². The fraction of sp³-hybridized carbons (Fsp3) is 0.100. The van der Waals surface area contributed by atoms with E-state index in [1.165, 1.54) is 11.3 Å². The van der Waals surface area contributed by atoms with Crippen LogP contribution in [0.25, 0.3) is 0 Å². The zero-order valence-electron chi connectivity index (χ0n) is 7.98. The summed E-state index contributed by atoms with van der Waals surface area (Å²) in [5.74, 6) is -0.0330. The molecule has 0 bridgehead atoms. The maximum atomic E-state index is 11.9. The molecule has 0 unspecified atom stereocenters. The Hall–Kier alpha value is -0.590. The number of nitrogens with zero attached hydrogens (tertiary/aromatic N) is 2. The number of ketones is 1. The number of carbonyl (C=O) groups excluding carboxylic acids is 1. The number of rotatable bonds is 3. The normalized spacial score (nSPS) is 10.4. The van der Waals surface area contributed by atoms with E-state index >= 15 is 0 Å². The van der Waals surface area contributed by atoms with Crippen LogP contribution in [0, 0.1) is 0 Å². The maximum Gasteiger partial charge on any atom is 0.189 e. The van der Waals surface area contributed by atoms with Crippen molar-refractivity contribution in [2.24, 2.45) is 0 Å². The predicted molar refractivity (Wildman–Crippen MR) is 69.8 cm³/mol. The highest BCUT2D eigenvalue weighted by molar-refractivity contribution is 9.11. The summed E-state index contributed by atoms with van der Waals surface area (Å²) < 4.78 is 1.54. The number of thiazole rings is 1. The van der Waals surface area contributed by atoms with Crippen LogP contribution in [0.15, 0.2) is 32.8 Å². The van der Waals surface area contributed by atoms with E-state index in [0.717, 1.165) is 9.48 Å². The smallest absolute Gasteiger partial charge is 0.189 e. The molecule has 0 saturated heterocycles. The zero-order valence-corrected chi connectivity index (χ0v) is 12.0. The van der Waals surface area contributed by atoms with Crippen LogP contribution in [0.5, 0.6) is 0 Å². The summed E-state index contributed by atoms with van der Waals surface area (Å²) in [4.78, 5) is 20.1. The Morgan fingerprint density at radius 2 is 2.19 bits per heavy atom. The third kappa shape index (κ3) is 2.75. The number of hydrogen-bond acceptors (Lipinski definition) is 4. The second kappa shape index (κ2) is 5.16. The van der Waals surface area contributed by atoms with Crippen LogP contribution in [0.4, 0.5) is 0 Å². The first-order chi connectivity index (χ1) is 7.66. The minimum absolute atomic E-state index is 0.0330. The summed E-state index contributed by atoms with van der Waals surface area (Å²) in [7, 11) is 0. The second-order valence-corrected chi connectivity index (χ2v) is 5.76. The molecule has 16 heavy (non-hydrogen) atoms. The first-order valence-corrected chi connectivity index (χ1v) is 6.86. The lowest BCUT2D eigenvalue weighted by molar-refractivity contribution is 0.0987. The van der Waals surface area contributed by atoms with Crippen molar-refractivity contribution in [2.75, 3.05) is 0 Å². The van der Waals surface area contributed by atoms with E-state index in [0.29, 0.717) is 16.6 Å². The SMILES string of the molecule is O=C(Cc1nccs1)c1ncc(Br)cc1Br. The van der Waals surface area contributed by atoms with Crippen molar-refractivity contribution >= 4 is 49.0 Å². The Bertz CT molecular complexity index is 514. The quantitative estimate of drug-likeness (QED) is 0.786. The van der Waals surface area contributed by atoms with E-state index in [1.807, 2.05) is 11.4 Å². The molecule has 0 atom stereocenters. The Labute approximate surface area is 113 Å². The highest BCUT2D eigenvalue weighted by Gasteiger charge is 2.13. The van der Waals surface area contributed by atoms with Crippen LogP contribution < -0.4 is 0 Å². The monoisotopic (exact) mass is 360 g/mol. The summed E-state index contributed by atoms with van der Waals surface area (Å²) in [6.45, 7) is 0. The van der Waals surface area contributed by atoms with Crippen molar-refractivity contribution in [3.8, 4) is 0 Å². The van der Waals surface area contributed by atoms with Crippen LogP contribution in [0.3, 0.4) is 0 Å². The molecular weight excluding hydrogens is 356 g/mol.